The Balaban J connectivity index is 2.06. The molecule has 0 aromatic heterocycles. The zero-order valence-electron chi connectivity index (χ0n) is 14.0. The SMILES string of the molecule is CCCOc1ccccc1C(=O)Nc1ccc(NC(=O)CC)cc1. The van der Waals surface area contributed by atoms with Gasteiger partial charge in [0.2, 0.25) is 5.91 Å². The van der Waals surface area contributed by atoms with Gasteiger partial charge in [-0.25, -0.2) is 0 Å². The van der Waals surface area contributed by atoms with Crippen molar-refractivity contribution in [1.82, 2.24) is 0 Å². The van der Waals surface area contributed by atoms with Crippen LogP contribution in [0.3, 0.4) is 0 Å². The molecule has 0 unspecified atom stereocenters. The topological polar surface area (TPSA) is 67.4 Å². The minimum atomic E-state index is -0.230. The van der Waals surface area contributed by atoms with Crippen molar-refractivity contribution < 1.29 is 14.3 Å². The number of hydrogen-bond acceptors (Lipinski definition) is 3. The molecule has 0 aliphatic rings. The minimum absolute atomic E-state index is 0.0474. The summed E-state index contributed by atoms with van der Waals surface area (Å²) in [5.74, 6) is 0.296. The average molecular weight is 326 g/mol. The second-order valence-corrected chi connectivity index (χ2v) is 5.28. The van der Waals surface area contributed by atoms with Gasteiger partial charge in [0.05, 0.1) is 12.2 Å². The molecule has 0 fully saturated rings. The van der Waals surface area contributed by atoms with Crippen molar-refractivity contribution in [2.45, 2.75) is 26.7 Å². The molecule has 2 rings (SSSR count). The maximum absolute atomic E-state index is 12.4. The first kappa shape index (κ1) is 17.5. The molecule has 0 atom stereocenters. The number of carbonyl (C=O) groups excluding carboxylic acids is 2. The van der Waals surface area contributed by atoms with Gasteiger partial charge in [0.15, 0.2) is 0 Å². The highest BCUT2D eigenvalue weighted by atomic mass is 16.5. The summed E-state index contributed by atoms with van der Waals surface area (Å²) in [7, 11) is 0. The van der Waals surface area contributed by atoms with Gasteiger partial charge in [-0.15, -0.1) is 0 Å². The Morgan fingerprint density at radius 1 is 0.917 bits per heavy atom. The maximum Gasteiger partial charge on any atom is 0.259 e. The molecule has 5 nitrogen and oxygen atoms in total. The van der Waals surface area contributed by atoms with Gasteiger partial charge in [0.1, 0.15) is 5.75 Å². The molecule has 2 amide bonds. The van der Waals surface area contributed by atoms with Gasteiger partial charge in [-0.05, 0) is 42.8 Å². The van der Waals surface area contributed by atoms with Crippen molar-refractivity contribution >= 4 is 23.2 Å². The molecule has 0 saturated carbocycles. The van der Waals surface area contributed by atoms with E-state index in [1.54, 1.807) is 49.4 Å². The molecule has 0 radical (unpaired) electrons. The van der Waals surface area contributed by atoms with Crippen LogP contribution in [0.4, 0.5) is 11.4 Å². The molecular weight excluding hydrogens is 304 g/mol. The average Bonchev–Trinajstić information content (AvgIpc) is 2.61. The van der Waals surface area contributed by atoms with Crippen molar-refractivity contribution in [3.05, 3.63) is 54.1 Å². The zero-order chi connectivity index (χ0) is 17.4. The Kier molecular flexibility index (Phi) is 6.37. The van der Waals surface area contributed by atoms with E-state index >= 15 is 0 Å². The first-order valence-electron chi connectivity index (χ1n) is 8.07. The van der Waals surface area contributed by atoms with Crippen molar-refractivity contribution in [3.8, 4) is 5.75 Å². The quantitative estimate of drug-likeness (QED) is 0.806. The lowest BCUT2D eigenvalue weighted by molar-refractivity contribution is -0.115. The summed E-state index contributed by atoms with van der Waals surface area (Å²) in [6, 6.07) is 14.2. The molecule has 0 spiro atoms. The third-order valence-electron chi connectivity index (χ3n) is 3.34. The summed E-state index contributed by atoms with van der Waals surface area (Å²) < 4.78 is 5.61. The number of hydrogen-bond donors (Lipinski definition) is 2. The summed E-state index contributed by atoms with van der Waals surface area (Å²) in [4.78, 5) is 23.8. The van der Waals surface area contributed by atoms with Crippen molar-refractivity contribution in [1.29, 1.82) is 0 Å². The fraction of sp³-hybridized carbons (Fsp3) is 0.263. The lowest BCUT2D eigenvalue weighted by Crippen LogP contribution is -2.14. The first-order chi connectivity index (χ1) is 11.6. The number of nitrogens with one attached hydrogen (secondary N) is 2. The predicted octanol–water partition coefficient (Wildman–Crippen LogP) is 4.08. The second-order valence-electron chi connectivity index (χ2n) is 5.28. The van der Waals surface area contributed by atoms with Crippen LogP contribution in [0.5, 0.6) is 5.75 Å². The molecule has 126 valence electrons. The van der Waals surface area contributed by atoms with Crippen molar-refractivity contribution in [3.63, 3.8) is 0 Å². The van der Waals surface area contributed by atoms with E-state index in [9.17, 15) is 9.59 Å². The molecular formula is C19H22N2O3. The summed E-state index contributed by atoms with van der Waals surface area (Å²) in [5.41, 5.74) is 1.85. The maximum atomic E-state index is 12.4. The monoisotopic (exact) mass is 326 g/mol. The fourth-order valence-electron chi connectivity index (χ4n) is 2.08. The summed E-state index contributed by atoms with van der Waals surface area (Å²) in [5, 5.41) is 5.60. The number of ether oxygens (including phenoxy) is 1. The molecule has 0 aliphatic heterocycles. The first-order valence-corrected chi connectivity index (χ1v) is 8.07. The summed E-state index contributed by atoms with van der Waals surface area (Å²) >= 11 is 0. The van der Waals surface area contributed by atoms with Crippen LogP contribution in [-0.2, 0) is 4.79 Å². The highest BCUT2D eigenvalue weighted by Crippen LogP contribution is 2.21. The van der Waals surface area contributed by atoms with Gasteiger partial charge in [0.25, 0.3) is 5.91 Å². The number of carbonyl (C=O) groups is 2. The van der Waals surface area contributed by atoms with Gasteiger partial charge in [-0.2, -0.15) is 0 Å². The Labute approximate surface area is 142 Å². The minimum Gasteiger partial charge on any atom is -0.493 e. The van der Waals surface area contributed by atoms with Crippen LogP contribution in [0.25, 0.3) is 0 Å². The summed E-state index contributed by atoms with van der Waals surface area (Å²) in [6.07, 6.45) is 1.30. The van der Waals surface area contributed by atoms with Crippen LogP contribution < -0.4 is 15.4 Å². The molecule has 5 heteroatoms. The van der Waals surface area contributed by atoms with Crippen LogP contribution in [0.15, 0.2) is 48.5 Å². The van der Waals surface area contributed by atoms with Crippen LogP contribution in [0.2, 0.25) is 0 Å². The fourth-order valence-corrected chi connectivity index (χ4v) is 2.08. The molecule has 2 aromatic rings. The normalized spacial score (nSPS) is 10.1. The highest BCUT2D eigenvalue weighted by Gasteiger charge is 2.12. The van der Waals surface area contributed by atoms with Crippen LogP contribution in [0, 0.1) is 0 Å². The molecule has 0 bridgehead atoms. The highest BCUT2D eigenvalue weighted by molar-refractivity contribution is 6.06. The van der Waals surface area contributed by atoms with E-state index in [4.69, 9.17) is 4.74 Å². The molecule has 24 heavy (non-hydrogen) atoms. The van der Waals surface area contributed by atoms with Gasteiger partial charge in [-0.1, -0.05) is 26.0 Å². The zero-order valence-corrected chi connectivity index (χ0v) is 14.0. The standard InChI is InChI=1S/C19H22N2O3/c1-3-13-24-17-8-6-5-7-16(17)19(23)21-15-11-9-14(10-12-15)20-18(22)4-2/h5-12H,3-4,13H2,1-2H3,(H,20,22)(H,21,23). The lowest BCUT2D eigenvalue weighted by atomic mass is 10.1. The van der Waals surface area contributed by atoms with Gasteiger partial charge in [0, 0.05) is 17.8 Å². The van der Waals surface area contributed by atoms with Gasteiger partial charge in [-0.3, -0.25) is 9.59 Å². The predicted molar refractivity (Wildman–Crippen MR) is 95.5 cm³/mol. The summed E-state index contributed by atoms with van der Waals surface area (Å²) in [6.45, 7) is 4.37. The molecule has 0 heterocycles. The number of rotatable bonds is 7. The van der Waals surface area contributed by atoms with Crippen molar-refractivity contribution in [2.75, 3.05) is 17.2 Å². The Hall–Kier alpha value is -2.82. The molecule has 2 aromatic carbocycles. The smallest absolute Gasteiger partial charge is 0.259 e. The third kappa shape index (κ3) is 4.84. The van der Waals surface area contributed by atoms with E-state index in [2.05, 4.69) is 10.6 Å². The van der Waals surface area contributed by atoms with E-state index < -0.39 is 0 Å². The van der Waals surface area contributed by atoms with E-state index in [-0.39, 0.29) is 11.8 Å². The van der Waals surface area contributed by atoms with Crippen LogP contribution in [0.1, 0.15) is 37.0 Å². The van der Waals surface area contributed by atoms with E-state index in [0.717, 1.165) is 6.42 Å². The largest absolute Gasteiger partial charge is 0.493 e. The Morgan fingerprint density at radius 2 is 1.54 bits per heavy atom. The number of para-hydroxylation sites is 1. The van der Waals surface area contributed by atoms with Crippen molar-refractivity contribution in [2.24, 2.45) is 0 Å². The molecule has 2 N–H and O–H groups in total. The molecule has 0 saturated heterocycles. The van der Waals surface area contributed by atoms with E-state index in [0.29, 0.717) is 35.7 Å². The Morgan fingerprint density at radius 3 is 2.17 bits per heavy atom. The van der Waals surface area contributed by atoms with E-state index in [1.807, 2.05) is 13.0 Å². The molecule has 0 aliphatic carbocycles. The Bertz CT molecular complexity index is 696. The number of anilines is 2. The third-order valence-corrected chi connectivity index (χ3v) is 3.34. The number of benzene rings is 2. The lowest BCUT2D eigenvalue weighted by Gasteiger charge is -2.11. The second kappa shape index (κ2) is 8.72. The van der Waals surface area contributed by atoms with Gasteiger partial charge < -0.3 is 15.4 Å². The van der Waals surface area contributed by atoms with E-state index in [1.165, 1.54) is 0 Å². The number of amides is 2. The van der Waals surface area contributed by atoms with Gasteiger partial charge >= 0.3 is 0 Å². The van der Waals surface area contributed by atoms with Crippen LogP contribution in [-0.4, -0.2) is 18.4 Å². The van der Waals surface area contributed by atoms with Crippen LogP contribution >= 0.6 is 0 Å².